The number of benzene rings is 1. The quantitative estimate of drug-likeness (QED) is 0.503. The van der Waals surface area contributed by atoms with Gasteiger partial charge >= 0.3 is 12.0 Å². The largest absolute Gasteiger partial charge is 0.490 e. The molecule has 1 aromatic rings. The molecule has 2 rings (SSSR count). The first-order chi connectivity index (χ1) is 11.4. The Balaban J connectivity index is 2.44. The van der Waals surface area contributed by atoms with E-state index in [2.05, 4.69) is 0 Å². The smallest absolute Gasteiger partial charge is 0.341 e. The minimum Gasteiger partial charge on any atom is -0.490 e. The van der Waals surface area contributed by atoms with Crippen molar-refractivity contribution >= 4 is 29.9 Å². The minimum absolute atomic E-state index is 0.0757. The summed E-state index contributed by atoms with van der Waals surface area (Å²) in [7, 11) is 0. The van der Waals surface area contributed by atoms with E-state index < -0.39 is 30.4 Å². The van der Waals surface area contributed by atoms with Crippen molar-refractivity contribution in [1.82, 2.24) is 10.6 Å². The molecule has 0 bridgehead atoms. The molecule has 0 spiro atoms. The molecule has 9 heteroatoms. The molecule has 0 saturated carbocycles. The number of para-hydroxylation sites is 1. The molecule has 1 fully saturated rings. The topological polar surface area (TPSA) is 131 Å². The van der Waals surface area contributed by atoms with Gasteiger partial charge in [-0.1, -0.05) is 12.1 Å². The first kappa shape index (κ1) is 17.0. The highest BCUT2D eigenvalue weighted by Gasteiger charge is 2.28. The number of ether oxygens (including phenoxy) is 2. The van der Waals surface area contributed by atoms with Gasteiger partial charge in [-0.15, -0.1) is 0 Å². The fourth-order valence-corrected chi connectivity index (χ4v) is 1.97. The van der Waals surface area contributed by atoms with Gasteiger partial charge in [0, 0.05) is 5.56 Å². The molecular weight excluding hydrogens is 320 g/mol. The summed E-state index contributed by atoms with van der Waals surface area (Å²) in [4.78, 5) is 45.4. The van der Waals surface area contributed by atoms with Crippen LogP contribution in [0.15, 0.2) is 23.8 Å². The number of nitrogens with one attached hydrogen (secondary N) is 2. The Labute approximate surface area is 136 Å². The van der Waals surface area contributed by atoms with Gasteiger partial charge in [-0.3, -0.25) is 20.2 Å². The van der Waals surface area contributed by atoms with Crippen molar-refractivity contribution in [1.29, 1.82) is 0 Å². The van der Waals surface area contributed by atoms with E-state index >= 15 is 0 Å². The highest BCUT2D eigenvalue weighted by Crippen LogP contribution is 2.33. The van der Waals surface area contributed by atoms with Crippen LogP contribution in [0.5, 0.6) is 11.5 Å². The molecule has 0 aromatic heterocycles. The summed E-state index contributed by atoms with van der Waals surface area (Å²) in [5, 5.41) is 12.7. The zero-order valence-corrected chi connectivity index (χ0v) is 12.6. The molecule has 9 nitrogen and oxygen atoms in total. The van der Waals surface area contributed by atoms with Gasteiger partial charge in [0.1, 0.15) is 5.57 Å². The van der Waals surface area contributed by atoms with Gasteiger partial charge in [-0.25, -0.2) is 9.59 Å². The molecule has 0 atom stereocenters. The average molecular weight is 334 g/mol. The Morgan fingerprint density at radius 2 is 1.83 bits per heavy atom. The van der Waals surface area contributed by atoms with Gasteiger partial charge in [-0.05, 0) is 19.1 Å². The lowest BCUT2D eigenvalue weighted by Crippen LogP contribution is -2.51. The maximum Gasteiger partial charge on any atom is 0.341 e. The van der Waals surface area contributed by atoms with Crippen LogP contribution in [-0.2, 0) is 14.4 Å². The Hall–Kier alpha value is -3.36. The van der Waals surface area contributed by atoms with Crippen LogP contribution in [0.4, 0.5) is 4.79 Å². The second kappa shape index (κ2) is 7.27. The number of hydrogen-bond acceptors (Lipinski definition) is 6. The fraction of sp³-hybridized carbons (Fsp3) is 0.200. The van der Waals surface area contributed by atoms with Crippen molar-refractivity contribution in [2.24, 2.45) is 0 Å². The summed E-state index contributed by atoms with van der Waals surface area (Å²) < 4.78 is 10.6. The Bertz CT molecular complexity index is 717. The standard InChI is InChI=1S/C15H14N2O7/c1-2-23-10-5-3-4-8(12(10)24-7-11(18)19)6-9-13(20)16-15(22)17-14(9)21/h3-6H,2,7H2,1H3,(H,18,19)(H2,16,17,20,21,22). The lowest BCUT2D eigenvalue weighted by molar-refractivity contribution is -0.139. The maximum absolute atomic E-state index is 11.8. The second-order valence-corrected chi connectivity index (χ2v) is 4.59. The molecule has 126 valence electrons. The normalized spacial score (nSPS) is 13.9. The lowest BCUT2D eigenvalue weighted by atomic mass is 10.1. The van der Waals surface area contributed by atoms with Crippen molar-refractivity contribution in [3.05, 3.63) is 29.3 Å². The third kappa shape index (κ3) is 3.88. The zero-order valence-electron chi connectivity index (χ0n) is 12.6. The van der Waals surface area contributed by atoms with Crippen LogP contribution in [-0.4, -0.2) is 42.1 Å². The van der Waals surface area contributed by atoms with Crippen LogP contribution in [0, 0.1) is 0 Å². The van der Waals surface area contributed by atoms with Gasteiger partial charge in [0.05, 0.1) is 6.61 Å². The summed E-state index contributed by atoms with van der Waals surface area (Å²) in [6.07, 6.45) is 1.19. The van der Waals surface area contributed by atoms with Crippen molar-refractivity contribution in [3.8, 4) is 11.5 Å². The molecule has 4 amide bonds. The SMILES string of the molecule is CCOc1cccc(C=C2C(=O)NC(=O)NC2=O)c1OCC(=O)O. The van der Waals surface area contributed by atoms with E-state index in [1.165, 1.54) is 12.1 Å². The number of carboxylic acids is 1. The number of rotatable bonds is 6. The molecule has 0 unspecified atom stereocenters. The van der Waals surface area contributed by atoms with E-state index in [0.29, 0.717) is 6.61 Å². The molecule has 1 heterocycles. The average Bonchev–Trinajstić information content (AvgIpc) is 2.50. The van der Waals surface area contributed by atoms with Crippen molar-refractivity contribution in [3.63, 3.8) is 0 Å². The van der Waals surface area contributed by atoms with Gasteiger partial charge in [-0.2, -0.15) is 0 Å². The minimum atomic E-state index is -1.20. The van der Waals surface area contributed by atoms with Crippen LogP contribution in [0.25, 0.3) is 6.08 Å². The number of carbonyl (C=O) groups excluding carboxylic acids is 3. The Morgan fingerprint density at radius 3 is 2.42 bits per heavy atom. The summed E-state index contributed by atoms with van der Waals surface area (Å²) in [6, 6.07) is 3.76. The van der Waals surface area contributed by atoms with Gasteiger partial charge in [0.25, 0.3) is 11.8 Å². The van der Waals surface area contributed by atoms with E-state index in [1.54, 1.807) is 19.1 Å². The molecule has 1 aromatic carbocycles. The predicted octanol–water partition coefficient (Wildman–Crippen LogP) is 0.298. The molecule has 0 radical (unpaired) electrons. The van der Waals surface area contributed by atoms with Crippen molar-refractivity contribution in [2.75, 3.05) is 13.2 Å². The fourth-order valence-electron chi connectivity index (χ4n) is 1.97. The molecule has 1 aliphatic heterocycles. The third-order valence-electron chi connectivity index (χ3n) is 2.89. The Kier molecular flexibility index (Phi) is 5.15. The van der Waals surface area contributed by atoms with Crippen molar-refractivity contribution in [2.45, 2.75) is 6.92 Å². The number of barbiturate groups is 1. The van der Waals surface area contributed by atoms with Gasteiger partial charge in [0.15, 0.2) is 18.1 Å². The summed E-state index contributed by atoms with van der Waals surface area (Å²) >= 11 is 0. The highest BCUT2D eigenvalue weighted by atomic mass is 16.5. The van der Waals surface area contributed by atoms with Gasteiger partial charge < -0.3 is 14.6 Å². The number of aliphatic carboxylic acids is 1. The zero-order chi connectivity index (χ0) is 17.7. The Morgan fingerprint density at radius 1 is 1.17 bits per heavy atom. The number of carbonyl (C=O) groups is 4. The first-order valence-corrected chi connectivity index (χ1v) is 6.91. The van der Waals surface area contributed by atoms with E-state index in [9.17, 15) is 19.2 Å². The monoisotopic (exact) mass is 334 g/mol. The van der Waals surface area contributed by atoms with Crippen LogP contribution in [0.3, 0.4) is 0 Å². The van der Waals surface area contributed by atoms with E-state index in [0.717, 1.165) is 0 Å². The lowest BCUT2D eigenvalue weighted by Gasteiger charge is -2.16. The van der Waals surface area contributed by atoms with Crippen LogP contribution >= 0.6 is 0 Å². The number of imide groups is 2. The first-order valence-electron chi connectivity index (χ1n) is 6.91. The number of hydrogen-bond donors (Lipinski definition) is 3. The molecule has 0 aliphatic carbocycles. The van der Waals surface area contributed by atoms with E-state index in [4.69, 9.17) is 14.6 Å². The predicted molar refractivity (Wildman–Crippen MR) is 80.4 cm³/mol. The molecular formula is C15H14N2O7. The molecule has 1 saturated heterocycles. The molecule has 1 aliphatic rings. The van der Waals surface area contributed by atoms with Crippen molar-refractivity contribution < 1.29 is 33.8 Å². The van der Waals surface area contributed by atoms with Crippen LogP contribution in [0.2, 0.25) is 0 Å². The van der Waals surface area contributed by atoms with E-state index in [1.807, 2.05) is 10.6 Å². The van der Waals surface area contributed by atoms with Crippen LogP contribution < -0.4 is 20.1 Å². The number of amides is 4. The summed E-state index contributed by atoms with van der Waals surface area (Å²) in [6.45, 7) is 1.41. The molecule has 3 N–H and O–H groups in total. The summed E-state index contributed by atoms with van der Waals surface area (Å²) in [5.74, 6) is -2.59. The van der Waals surface area contributed by atoms with E-state index in [-0.39, 0.29) is 22.6 Å². The van der Waals surface area contributed by atoms with Crippen LogP contribution in [0.1, 0.15) is 12.5 Å². The highest BCUT2D eigenvalue weighted by molar-refractivity contribution is 6.31. The number of urea groups is 1. The third-order valence-corrected chi connectivity index (χ3v) is 2.89. The number of carboxylic acid groups (broad SMARTS) is 1. The summed E-state index contributed by atoms with van der Waals surface area (Å²) in [5.41, 5.74) is -0.0553. The van der Waals surface area contributed by atoms with Gasteiger partial charge in [0.2, 0.25) is 0 Å². The molecule has 24 heavy (non-hydrogen) atoms. The second-order valence-electron chi connectivity index (χ2n) is 4.59. The maximum atomic E-state index is 11.8.